The third-order valence-electron chi connectivity index (χ3n) is 3.99. The van der Waals surface area contributed by atoms with Crippen LogP contribution >= 0.6 is 0 Å². The van der Waals surface area contributed by atoms with Crippen LogP contribution in [0.2, 0.25) is 0 Å². The van der Waals surface area contributed by atoms with Gasteiger partial charge >= 0.3 is 0 Å². The summed E-state index contributed by atoms with van der Waals surface area (Å²) in [6.07, 6.45) is 4.76. The molecule has 98 valence electrons. The van der Waals surface area contributed by atoms with E-state index in [4.69, 9.17) is 0 Å². The van der Waals surface area contributed by atoms with E-state index >= 15 is 0 Å². The first kappa shape index (κ1) is 12.8. The van der Waals surface area contributed by atoms with Crippen molar-refractivity contribution in [1.82, 2.24) is 15.5 Å². The van der Waals surface area contributed by atoms with Crippen LogP contribution in [0.25, 0.3) is 0 Å². The highest BCUT2D eigenvalue weighted by Gasteiger charge is 2.30. The molecule has 0 radical (unpaired) electrons. The van der Waals surface area contributed by atoms with E-state index in [1.54, 1.807) is 0 Å². The van der Waals surface area contributed by atoms with Crippen molar-refractivity contribution < 1.29 is 4.79 Å². The number of amides is 1. The quantitative estimate of drug-likeness (QED) is 0.738. The van der Waals surface area contributed by atoms with Gasteiger partial charge in [0, 0.05) is 6.04 Å². The van der Waals surface area contributed by atoms with Crippen LogP contribution in [-0.4, -0.2) is 49.6 Å². The van der Waals surface area contributed by atoms with Gasteiger partial charge in [0.1, 0.15) is 0 Å². The number of carbonyl (C=O) groups is 1. The van der Waals surface area contributed by atoms with Gasteiger partial charge in [0.15, 0.2) is 0 Å². The lowest BCUT2D eigenvalue weighted by Gasteiger charge is -2.35. The Balaban J connectivity index is 1.72. The highest BCUT2D eigenvalue weighted by atomic mass is 16.2. The summed E-state index contributed by atoms with van der Waals surface area (Å²) in [4.78, 5) is 14.3. The lowest BCUT2D eigenvalue weighted by atomic mass is 9.96. The first-order valence-corrected chi connectivity index (χ1v) is 6.89. The topological polar surface area (TPSA) is 44.4 Å². The van der Waals surface area contributed by atoms with Gasteiger partial charge in [-0.1, -0.05) is 0 Å². The summed E-state index contributed by atoms with van der Waals surface area (Å²) in [5.74, 6) is 1.01. The van der Waals surface area contributed by atoms with Gasteiger partial charge in [0.2, 0.25) is 5.91 Å². The van der Waals surface area contributed by atoms with Crippen LogP contribution in [0.5, 0.6) is 0 Å². The summed E-state index contributed by atoms with van der Waals surface area (Å²) in [5, 5.41) is 6.34. The maximum absolute atomic E-state index is 11.9. The van der Waals surface area contributed by atoms with Crippen LogP contribution in [-0.2, 0) is 4.79 Å². The first-order valence-electron chi connectivity index (χ1n) is 6.89. The van der Waals surface area contributed by atoms with E-state index in [1.807, 2.05) is 14.0 Å². The average molecular weight is 239 g/mol. The van der Waals surface area contributed by atoms with Gasteiger partial charge in [-0.25, -0.2) is 0 Å². The van der Waals surface area contributed by atoms with Crippen molar-refractivity contribution in [3.63, 3.8) is 0 Å². The number of hydrogen-bond acceptors (Lipinski definition) is 3. The van der Waals surface area contributed by atoms with Gasteiger partial charge < -0.3 is 10.6 Å². The van der Waals surface area contributed by atoms with Crippen LogP contribution in [0, 0.1) is 5.92 Å². The van der Waals surface area contributed by atoms with Gasteiger partial charge in [-0.2, -0.15) is 0 Å². The molecule has 0 aromatic rings. The Morgan fingerprint density at radius 1 is 1.29 bits per heavy atom. The molecule has 0 spiro atoms. The van der Waals surface area contributed by atoms with Crippen molar-refractivity contribution >= 4 is 5.91 Å². The Hall–Kier alpha value is -0.610. The van der Waals surface area contributed by atoms with Crippen LogP contribution in [0.4, 0.5) is 0 Å². The number of nitrogens with zero attached hydrogens (tertiary/aromatic N) is 1. The molecule has 1 aliphatic carbocycles. The standard InChI is InChI=1S/C13H25N3O/c1-10(13(17)15-12-3-4-12)16-7-5-11(6-8-16)9-14-2/h10-12,14H,3-9H2,1-2H3,(H,15,17). The zero-order valence-corrected chi connectivity index (χ0v) is 11.0. The van der Waals surface area contributed by atoms with E-state index in [1.165, 1.54) is 25.7 Å². The Bertz CT molecular complexity index is 257. The molecule has 2 N–H and O–H groups in total. The molecule has 1 amide bonds. The largest absolute Gasteiger partial charge is 0.352 e. The van der Waals surface area contributed by atoms with E-state index in [0.29, 0.717) is 6.04 Å². The normalized spacial score (nSPS) is 24.6. The van der Waals surface area contributed by atoms with Crippen molar-refractivity contribution in [2.45, 2.75) is 44.7 Å². The summed E-state index contributed by atoms with van der Waals surface area (Å²) in [6.45, 7) is 5.27. The molecule has 1 saturated heterocycles. The summed E-state index contributed by atoms with van der Waals surface area (Å²) >= 11 is 0. The van der Waals surface area contributed by atoms with Crippen molar-refractivity contribution in [1.29, 1.82) is 0 Å². The lowest BCUT2D eigenvalue weighted by molar-refractivity contribution is -0.126. The maximum atomic E-state index is 11.9. The van der Waals surface area contributed by atoms with Crippen LogP contribution < -0.4 is 10.6 Å². The molecule has 1 heterocycles. The monoisotopic (exact) mass is 239 g/mol. The Kier molecular flexibility index (Phi) is 4.40. The third-order valence-corrected chi connectivity index (χ3v) is 3.99. The highest BCUT2D eigenvalue weighted by molar-refractivity contribution is 5.81. The van der Waals surface area contributed by atoms with E-state index in [0.717, 1.165) is 25.6 Å². The van der Waals surface area contributed by atoms with E-state index < -0.39 is 0 Å². The van der Waals surface area contributed by atoms with Gasteiger partial charge in [0.25, 0.3) is 0 Å². The second-order valence-electron chi connectivity index (χ2n) is 5.50. The van der Waals surface area contributed by atoms with Gasteiger partial charge in [-0.05, 0) is 65.2 Å². The van der Waals surface area contributed by atoms with Crippen molar-refractivity contribution in [2.75, 3.05) is 26.7 Å². The zero-order valence-electron chi connectivity index (χ0n) is 11.0. The molecular weight excluding hydrogens is 214 g/mol. The molecule has 1 unspecified atom stereocenters. The fourth-order valence-corrected chi connectivity index (χ4v) is 2.55. The van der Waals surface area contributed by atoms with Crippen LogP contribution in [0.15, 0.2) is 0 Å². The number of likely N-dealkylation sites (tertiary alicyclic amines) is 1. The molecule has 0 aromatic carbocycles. The van der Waals surface area contributed by atoms with E-state index in [-0.39, 0.29) is 11.9 Å². The predicted octanol–water partition coefficient (Wildman–Crippen LogP) is 0.585. The lowest BCUT2D eigenvalue weighted by Crippen LogP contribution is -2.49. The minimum absolute atomic E-state index is 0.0473. The molecule has 17 heavy (non-hydrogen) atoms. The molecule has 2 aliphatic rings. The van der Waals surface area contributed by atoms with Crippen LogP contribution in [0.3, 0.4) is 0 Å². The number of piperidine rings is 1. The predicted molar refractivity (Wildman–Crippen MR) is 68.9 cm³/mol. The number of carbonyl (C=O) groups excluding carboxylic acids is 1. The second-order valence-corrected chi connectivity index (χ2v) is 5.50. The molecule has 4 heteroatoms. The Morgan fingerprint density at radius 2 is 1.94 bits per heavy atom. The summed E-state index contributed by atoms with van der Waals surface area (Å²) in [5.41, 5.74) is 0. The van der Waals surface area contributed by atoms with Gasteiger partial charge in [-0.3, -0.25) is 9.69 Å². The molecule has 0 aromatic heterocycles. The zero-order chi connectivity index (χ0) is 12.3. The van der Waals surface area contributed by atoms with Crippen molar-refractivity contribution in [3.8, 4) is 0 Å². The fourth-order valence-electron chi connectivity index (χ4n) is 2.55. The molecule has 2 fully saturated rings. The Morgan fingerprint density at radius 3 is 2.47 bits per heavy atom. The molecule has 4 nitrogen and oxygen atoms in total. The minimum atomic E-state index is 0.0473. The summed E-state index contributed by atoms with van der Waals surface area (Å²) in [6, 6.07) is 0.526. The van der Waals surface area contributed by atoms with Crippen LogP contribution in [0.1, 0.15) is 32.6 Å². The Labute approximate surface area is 104 Å². The van der Waals surface area contributed by atoms with Gasteiger partial charge in [0.05, 0.1) is 6.04 Å². The SMILES string of the molecule is CNCC1CCN(C(C)C(=O)NC2CC2)CC1. The van der Waals surface area contributed by atoms with Crippen molar-refractivity contribution in [3.05, 3.63) is 0 Å². The third kappa shape index (κ3) is 3.68. The van der Waals surface area contributed by atoms with Gasteiger partial charge in [-0.15, -0.1) is 0 Å². The maximum Gasteiger partial charge on any atom is 0.237 e. The first-order chi connectivity index (χ1) is 8.20. The van der Waals surface area contributed by atoms with Crippen molar-refractivity contribution in [2.24, 2.45) is 5.92 Å². The highest BCUT2D eigenvalue weighted by Crippen LogP contribution is 2.21. The minimum Gasteiger partial charge on any atom is -0.352 e. The summed E-state index contributed by atoms with van der Waals surface area (Å²) in [7, 11) is 2.01. The number of hydrogen-bond donors (Lipinski definition) is 2. The fraction of sp³-hybridized carbons (Fsp3) is 0.923. The van der Waals surface area contributed by atoms with E-state index in [9.17, 15) is 4.79 Å². The number of nitrogens with one attached hydrogen (secondary N) is 2. The smallest absolute Gasteiger partial charge is 0.237 e. The second kappa shape index (κ2) is 5.83. The summed E-state index contributed by atoms with van der Waals surface area (Å²) < 4.78 is 0. The molecule has 1 saturated carbocycles. The molecule has 2 rings (SSSR count). The number of rotatable bonds is 5. The molecular formula is C13H25N3O. The van der Waals surface area contributed by atoms with E-state index in [2.05, 4.69) is 15.5 Å². The average Bonchev–Trinajstić information content (AvgIpc) is 3.13. The molecule has 1 aliphatic heterocycles. The molecule has 1 atom stereocenters. The molecule has 0 bridgehead atoms.